The quantitative estimate of drug-likeness (QED) is 0.672. The molecular weight excluding hydrogens is 156 g/mol. The summed E-state index contributed by atoms with van der Waals surface area (Å²) in [7, 11) is 0. The molecule has 0 amide bonds. The fourth-order valence-corrected chi connectivity index (χ4v) is 1.03. The summed E-state index contributed by atoms with van der Waals surface area (Å²) in [6, 6.07) is 5.25. The Labute approximate surface area is 68.2 Å². The highest BCUT2D eigenvalue weighted by Crippen LogP contribution is 2.13. The van der Waals surface area contributed by atoms with Gasteiger partial charge in [-0.2, -0.15) is 0 Å². The van der Waals surface area contributed by atoms with Crippen LogP contribution in [-0.4, -0.2) is 16.4 Å². The molecule has 2 aromatic rings. The zero-order chi connectivity index (χ0) is 8.39. The van der Waals surface area contributed by atoms with Crippen LogP contribution in [0.2, 0.25) is 0 Å². The van der Waals surface area contributed by atoms with Gasteiger partial charge < -0.3 is 9.72 Å². The highest BCUT2D eigenvalue weighted by atomic mass is 16.5. The van der Waals surface area contributed by atoms with Crippen LogP contribution in [0, 0.1) is 0 Å². The SMILES string of the molecule is O=COc1ccc2[nH]ccc2n1. The van der Waals surface area contributed by atoms with Crippen molar-refractivity contribution in [2.24, 2.45) is 0 Å². The Bertz CT molecular complexity index is 408. The first kappa shape index (κ1) is 6.84. The molecule has 0 aromatic carbocycles. The largest absolute Gasteiger partial charge is 0.410 e. The zero-order valence-electron chi connectivity index (χ0n) is 6.15. The van der Waals surface area contributed by atoms with E-state index in [1.165, 1.54) is 0 Å². The van der Waals surface area contributed by atoms with Gasteiger partial charge in [-0.1, -0.05) is 0 Å². The number of H-pyrrole nitrogens is 1. The molecule has 2 aromatic heterocycles. The van der Waals surface area contributed by atoms with Gasteiger partial charge in [0.15, 0.2) is 0 Å². The minimum Gasteiger partial charge on any atom is -0.410 e. The molecule has 1 N–H and O–H groups in total. The molecule has 0 aliphatic heterocycles. The minimum atomic E-state index is 0.317. The number of hydrogen-bond donors (Lipinski definition) is 1. The standard InChI is InChI=1S/C8H6N2O2/c11-5-12-8-2-1-6-7(10-8)3-4-9-6/h1-5,9H. The van der Waals surface area contributed by atoms with Gasteiger partial charge in [-0.05, 0) is 12.1 Å². The Kier molecular flexibility index (Phi) is 1.51. The average Bonchev–Trinajstić information content (AvgIpc) is 2.51. The number of aromatic nitrogens is 2. The third-order valence-electron chi connectivity index (χ3n) is 1.55. The van der Waals surface area contributed by atoms with Gasteiger partial charge in [-0.15, -0.1) is 0 Å². The average molecular weight is 162 g/mol. The van der Waals surface area contributed by atoms with E-state index < -0.39 is 0 Å². The van der Waals surface area contributed by atoms with Gasteiger partial charge in [0, 0.05) is 12.3 Å². The molecule has 4 nitrogen and oxygen atoms in total. The summed E-state index contributed by atoms with van der Waals surface area (Å²) in [4.78, 5) is 17.0. The lowest BCUT2D eigenvalue weighted by molar-refractivity contribution is -0.120. The fourth-order valence-electron chi connectivity index (χ4n) is 1.03. The lowest BCUT2D eigenvalue weighted by Crippen LogP contribution is -1.90. The summed E-state index contributed by atoms with van der Waals surface area (Å²) in [5, 5.41) is 0. The molecule has 4 heteroatoms. The molecule has 0 saturated carbocycles. The van der Waals surface area contributed by atoms with Crippen molar-refractivity contribution in [2.75, 3.05) is 0 Å². The highest BCUT2D eigenvalue weighted by Gasteiger charge is 1.97. The van der Waals surface area contributed by atoms with E-state index >= 15 is 0 Å². The van der Waals surface area contributed by atoms with Crippen molar-refractivity contribution in [1.82, 2.24) is 9.97 Å². The van der Waals surface area contributed by atoms with Crippen LogP contribution in [0.3, 0.4) is 0 Å². The van der Waals surface area contributed by atoms with Crippen LogP contribution in [0.25, 0.3) is 11.0 Å². The number of fused-ring (bicyclic) bond motifs is 1. The Morgan fingerprint density at radius 3 is 3.17 bits per heavy atom. The van der Waals surface area contributed by atoms with E-state index in [4.69, 9.17) is 0 Å². The lowest BCUT2D eigenvalue weighted by Gasteiger charge is -1.94. The molecule has 0 atom stereocenters. The first-order chi connectivity index (χ1) is 5.90. The number of hydrogen-bond acceptors (Lipinski definition) is 3. The van der Waals surface area contributed by atoms with Gasteiger partial charge in [-0.3, -0.25) is 4.79 Å². The van der Waals surface area contributed by atoms with Gasteiger partial charge in [-0.25, -0.2) is 4.98 Å². The maximum absolute atomic E-state index is 9.98. The fraction of sp³-hybridized carbons (Fsp3) is 0. The Balaban J connectivity index is 2.52. The van der Waals surface area contributed by atoms with E-state index in [0.29, 0.717) is 12.4 Å². The second-order valence-corrected chi connectivity index (χ2v) is 2.27. The maximum Gasteiger partial charge on any atom is 0.299 e. The van der Waals surface area contributed by atoms with Crippen molar-refractivity contribution >= 4 is 17.5 Å². The van der Waals surface area contributed by atoms with Gasteiger partial charge in [0.25, 0.3) is 6.47 Å². The van der Waals surface area contributed by atoms with Crippen LogP contribution in [0.5, 0.6) is 5.88 Å². The summed E-state index contributed by atoms with van der Waals surface area (Å²) in [5.41, 5.74) is 1.71. The molecular formula is C8H6N2O2. The Morgan fingerprint density at radius 1 is 1.42 bits per heavy atom. The number of nitrogens with zero attached hydrogens (tertiary/aromatic N) is 1. The van der Waals surface area contributed by atoms with E-state index in [2.05, 4.69) is 14.7 Å². The van der Waals surface area contributed by atoms with Crippen molar-refractivity contribution in [3.63, 3.8) is 0 Å². The van der Waals surface area contributed by atoms with Crippen LogP contribution in [0.15, 0.2) is 24.4 Å². The maximum atomic E-state index is 9.98. The van der Waals surface area contributed by atoms with Gasteiger partial charge in [0.1, 0.15) is 0 Å². The first-order valence-corrected chi connectivity index (χ1v) is 3.44. The first-order valence-electron chi connectivity index (χ1n) is 3.44. The van der Waals surface area contributed by atoms with Crippen molar-refractivity contribution in [3.05, 3.63) is 24.4 Å². The monoisotopic (exact) mass is 162 g/mol. The minimum absolute atomic E-state index is 0.317. The molecule has 0 aliphatic carbocycles. The molecule has 12 heavy (non-hydrogen) atoms. The van der Waals surface area contributed by atoms with Crippen molar-refractivity contribution in [1.29, 1.82) is 0 Å². The van der Waals surface area contributed by atoms with Gasteiger partial charge in [0.2, 0.25) is 5.88 Å². The van der Waals surface area contributed by atoms with Crippen molar-refractivity contribution in [2.45, 2.75) is 0 Å². The predicted molar refractivity (Wildman–Crippen MR) is 42.8 cm³/mol. The second-order valence-electron chi connectivity index (χ2n) is 2.27. The number of aromatic amines is 1. The van der Waals surface area contributed by atoms with E-state index in [1.807, 2.05) is 6.07 Å². The summed E-state index contributed by atoms with van der Waals surface area (Å²) < 4.78 is 4.58. The third kappa shape index (κ3) is 1.03. The second kappa shape index (κ2) is 2.65. The number of pyridine rings is 1. The lowest BCUT2D eigenvalue weighted by atomic mass is 10.4. The van der Waals surface area contributed by atoms with E-state index in [1.54, 1.807) is 18.3 Å². The molecule has 0 aliphatic rings. The van der Waals surface area contributed by atoms with Crippen LogP contribution in [0.4, 0.5) is 0 Å². The highest BCUT2D eigenvalue weighted by molar-refractivity contribution is 5.75. The molecule has 0 radical (unpaired) electrons. The Morgan fingerprint density at radius 2 is 2.33 bits per heavy atom. The summed E-state index contributed by atoms with van der Waals surface area (Å²) in [6.45, 7) is 0.362. The number of carbonyl (C=O) groups excluding carboxylic acids is 1. The van der Waals surface area contributed by atoms with Gasteiger partial charge >= 0.3 is 0 Å². The molecule has 2 heterocycles. The predicted octanol–water partition coefficient (Wildman–Crippen LogP) is 1.10. The van der Waals surface area contributed by atoms with E-state index in [9.17, 15) is 4.79 Å². The molecule has 0 bridgehead atoms. The number of nitrogens with one attached hydrogen (secondary N) is 1. The Hall–Kier alpha value is -1.84. The molecule has 2 rings (SSSR count). The van der Waals surface area contributed by atoms with Crippen LogP contribution in [-0.2, 0) is 4.79 Å². The number of rotatable bonds is 2. The van der Waals surface area contributed by atoms with E-state index in [0.717, 1.165) is 11.0 Å². The number of carbonyl (C=O) groups is 1. The zero-order valence-corrected chi connectivity index (χ0v) is 6.15. The summed E-state index contributed by atoms with van der Waals surface area (Å²) >= 11 is 0. The third-order valence-corrected chi connectivity index (χ3v) is 1.55. The van der Waals surface area contributed by atoms with Crippen LogP contribution >= 0.6 is 0 Å². The smallest absolute Gasteiger partial charge is 0.299 e. The topological polar surface area (TPSA) is 55.0 Å². The van der Waals surface area contributed by atoms with Crippen LogP contribution in [0.1, 0.15) is 0 Å². The molecule has 0 unspecified atom stereocenters. The van der Waals surface area contributed by atoms with Crippen molar-refractivity contribution < 1.29 is 9.53 Å². The number of ether oxygens (including phenoxy) is 1. The van der Waals surface area contributed by atoms with Gasteiger partial charge in [0.05, 0.1) is 11.0 Å². The van der Waals surface area contributed by atoms with E-state index in [-0.39, 0.29) is 0 Å². The molecule has 0 saturated heterocycles. The molecule has 0 fully saturated rings. The summed E-state index contributed by atoms with van der Waals surface area (Å²) in [5.74, 6) is 0.317. The van der Waals surface area contributed by atoms with Crippen molar-refractivity contribution in [3.8, 4) is 5.88 Å². The normalized spacial score (nSPS) is 10.0. The molecule has 60 valence electrons. The van der Waals surface area contributed by atoms with Crippen LogP contribution < -0.4 is 4.74 Å². The summed E-state index contributed by atoms with van der Waals surface area (Å²) in [6.07, 6.45) is 1.78. The molecule has 0 spiro atoms.